The summed E-state index contributed by atoms with van der Waals surface area (Å²) >= 11 is 6.14. The number of rotatable bonds is 5. The smallest absolute Gasteiger partial charge is 0.322 e. The maximum atomic E-state index is 13.0. The quantitative estimate of drug-likeness (QED) is 0.621. The van der Waals surface area contributed by atoms with Crippen LogP contribution in [0, 0.1) is 12.8 Å². The van der Waals surface area contributed by atoms with Crippen molar-refractivity contribution in [1.29, 1.82) is 0 Å². The molecular formula is C21H21ClN4O4S. The van der Waals surface area contributed by atoms with E-state index < -0.39 is 15.9 Å². The van der Waals surface area contributed by atoms with Crippen molar-refractivity contribution in [2.24, 2.45) is 5.92 Å². The third kappa shape index (κ3) is 4.63. The first-order valence-corrected chi connectivity index (χ1v) is 11.6. The first kappa shape index (κ1) is 21.5. The van der Waals surface area contributed by atoms with Gasteiger partial charge in [0.05, 0.1) is 21.4 Å². The zero-order valence-electron chi connectivity index (χ0n) is 16.8. The van der Waals surface area contributed by atoms with Gasteiger partial charge in [0.15, 0.2) is 0 Å². The molecule has 3 aromatic rings. The Morgan fingerprint density at radius 2 is 1.90 bits per heavy atom. The second-order valence-corrected chi connectivity index (χ2v) is 9.74. The maximum absolute atomic E-state index is 13.0. The molecule has 162 valence electrons. The summed E-state index contributed by atoms with van der Waals surface area (Å²) in [6.45, 7) is 2.36. The van der Waals surface area contributed by atoms with Crippen molar-refractivity contribution in [3.05, 3.63) is 59.1 Å². The Hall–Kier alpha value is -2.75. The third-order valence-electron chi connectivity index (χ3n) is 5.17. The summed E-state index contributed by atoms with van der Waals surface area (Å²) in [5, 5.41) is 10.8. The first-order valence-electron chi connectivity index (χ1n) is 9.80. The van der Waals surface area contributed by atoms with Crippen molar-refractivity contribution >= 4 is 33.5 Å². The van der Waals surface area contributed by atoms with Crippen LogP contribution in [0.4, 0.5) is 6.01 Å². The van der Waals surface area contributed by atoms with E-state index in [-0.39, 0.29) is 29.3 Å². The van der Waals surface area contributed by atoms with Crippen LogP contribution in [0.25, 0.3) is 11.5 Å². The van der Waals surface area contributed by atoms with Crippen LogP contribution in [0.15, 0.2) is 57.8 Å². The molecule has 31 heavy (non-hydrogen) atoms. The highest BCUT2D eigenvalue weighted by molar-refractivity contribution is 7.89. The number of piperidine rings is 1. The fraction of sp³-hybridized carbons (Fsp3) is 0.286. The van der Waals surface area contributed by atoms with E-state index in [1.807, 2.05) is 6.92 Å². The molecule has 0 radical (unpaired) electrons. The fourth-order valence-corrected chi connectivity index (χ4v) is 5.20. The van der Waals surface area contributed by atoms with Gasteiger partial charge in [0.2, 0.25) is 15.9 Å². The number of hydrogen-bond acceptors (Lipinski definition) is 6. The molecule has 8 nitrogen and oxygen atoms in total. The molecule has 1 atom stereocenters. The maximum Gasteiger partial charge on any atom is 0.322 e. The van der Waals surface area contributed by atoms with E-state index >= 15 is 0 Å². The number of halogens is 1. The van der Waals surface area contributed by atoms with E-state index in [0.717, 1.165) is 5.56 Å². The van der Waals surface area contributed by atoms with Crippen LogP contribution >= 0.6 is 11.6 Å². The van der Waals surface area contributed by atoms with E-state index in [4.69, 9.17) is 16.0 Å². The van der Waals surface area contributed by atoms with E-state index in [0.29, 0.717) is 30.0 Å². The van der Waals surface area contributed by atoms with Gasteiger partial charge in [-0.3, -0.25) is 10.1 Å². The van der Waals surface area contributed by atoms with Crippen molar-refractivity contribution in [2.45, 2.75) is 24.7 Å². The standard InChI is InChI=1S/C21H21ClN4O4S/c1-14-8-10-16(11-9-14)31(28,29)26-12-4-5-15(13-26)19(27)23-21-25-24-20(30-21)17-6-2-3-7-18(17)22/h2-3,6-11,15H,4-5,12-13H2,1H3,(H,23,25,27). The molecule has 10 heteroatoms. The van der Waals surface area contributed by atoms with Crippen molar-refractivity contribution in [3.8, 4) is 11.5 Å². The predicted octanol–water partition coefficient (Wildman–Crippen LogP) is 3.74. The lowest BCUT2D eigenvalue weighted by Crippen LogP contribution is -2.43. The number of benzene rings is 2. The Kier molecular flexibility index (Phi) is 6.08. The SMILES string of the molecule is Cc1ccc(S(=O)(=O)N2CCCC(C(=O)Nc3nnc(-c4ccccc4Cl)o3)C2)cc1. The molecular weight excluding hydrogens is 440 g/mol. The number of hydrogen-bond donors (Lipinski definition) is 1. The lowest BCUT2D eigenvalue weighted by molar-refractivity contribution is -0.121. The van der Waals surface area contributed by atoms with Crippen LogP contribution in [0.1, 0.15) is 18.4 Å². The molecule has 1 N–H and O–H groups in total. The summed E-state index contributed by atoms with van der Waals surface area (Å²) in [7, 11) is -3.67. The number of nitrogens with one attached hydrogen (secondary N) is 1. The zero-order chi connectivity index (χ0) is 22.0. The number of carbonyl (C=O) groups is 1. The van der Waals surface area contributed by atoms with E-state index in [1.54, 1.807) is 48.5 Å². The summed E-state index contributed by atoms with van der Waals surface area (Å²) < 4.78 is 32.8. The molecule has 1 fully saturated rings. The second kappa shape index (κ2) is 8.78. The van der Waals surface area contributed by atoms with Crippen LogP contribution in [0.2, 0.25) is 5.02 Å². The van der Waals surface area contributed by atoms with Crippen molar-refractivity contribution in [2.75, 3.05) is 18.4 Å². The monoisotopic (exact) mass is 460 g/mol. The van der Waals surface area contributed by atoms with Gasteiger partial charge >= 0.3 is 6.01 Å². The van der Waals surface area contributed by atoms with E-state index in [2.05, 4.69) is 15.5 Å². The number of aryl methyl sites for hydroxylation is 1. The number of amides is 1. The Morgan fingerprint density at radius 1 is 1.16 bits per heavy atom. The minimum absolute atomic E-state index is 0.0570. The second-order valence-electron chi connectivity index (χ2n) is 7.40. The van der Waals surface area contributed by atoms with Crippen LogP contribution in [0.5, 0.6) is 0 Å². The summed E-state index contributed by atoms with van der Waals surface area (Å²) in [5.74, 6) is -0.698. The van der Waals surface area contributed by atoms with Crippen LogP contribution in [-0.2, 0) is 14.8 Å². The highest BCUT2D eigenvalue weighted by Gasteiger charge is 2.33. The number of carbonyl (C=O) groups excluding carboxylic acids is 1. The molecule has 1 unspecified atom stereocenters. The topological polar surface area (TPSA) is 105 Å². The highest BCUT2D eigenvalue weighted by Crippen LogP contribution is 2.28. The largest absolute Gasteiger partial charge is 0.403 e. The molecule has 2 heterocycles. The Morgan fingerprint density at radius 3 is 2.65 bits per heavy atom. The zero-order valence-corrected chi connectivity index (χ0v) is 18.4. The first-order chi connectivity index (χ1) is 14.8. The average molecular weight is 461 g/mol. The molecule has 0 spiro atoms. The highest BCUT2D eigenvalue weighted by atomic mass is 35.5. The predicted molar refractivity (Wildman–Crippen MR) is 116 cm³/mol. The molecule has 1 aromatic heterocycles. The van der Waals surface area contributed by atoms with Crippen LogP contribution < -0.4 is 5.32 Å². The fourth-order valence-electron chi connectivity index (χ4n) is 3.46. The summed E-state index contributed by atoms with van der Waals surface area (Å²) in [4.78, 5) is 13.0. The van der Waals surface area contributed by atoms with Crippen LogP contribution in [0.3, 0.4) is 0 Å². The number of anilines is 1. The Balaban J connectivity index is 1.45. The van der Waals surface area contributed by atoms with Gasteiger partial charge in [0.1, 0.15) is 0 Å². The molecule has 2 aromatic carbocycles. The average Bonchev–Trinajstić information content (AvgIpc) is 3.22. The Labute approximate surface area is 185 Å². The van der Waals surface area contributed by atoms with Gasteiger partial charge in [-0.25, -0.2) is 8.42 Å². The minimum Gasteiger partial charge on any atom is -0.403 e. The third-order valence-corrected chi connectivity index (χ3v) is 7.38. The molecule has 1 aliphatic rings. The number of aromatic nitrogens is 2. The molecule has 0 bridgehead atoms. The lowest BCUT2D eigenvalue weighted by Gasteiger charge is -2.30. The van der Waals surface area contributed by atoms with Gasteiger partial charge in [-0.15, -0.1) is 5.10 Å². The molecule has 1 saturated heterocycles. The number of sulfonamides is 1. The van der Waals surface area contributed by atoms with Gasteiger partial charge in [-0.1, -0.05) is 46.5 Å². The van der Waals surface area contributed by atoms with Gasteiger partial charge in [-0.2, -0.15) is 4.31 Å². The molecule has 1 amide bonds. The normalized spacial score (nSPS) is 17.4. The van der Waals surface area contributed by atoms with E-state index in [1.165, 1.54) is 4.31 Å². The lowest BCUT2D eigenvalue weighted by atomic mass is 9.99. The molecule has 0 saturated carbocycles. The van der Waals surface area contributed by atoms with E-state index in [9.17, 15) is 13.2 Å². The van der Waals surface area contributed by atoms with Crippen molar-refractivity contribution in [1.82, 2.24) is 14.5 Å². The summed E-state index contributed by atoms with van der Waals surface area (Å²) in [6.07, 6.45) is 1.15. The molecule has 1 aliphatic heterocycles. The van der Waals surface area contributed by atoms with Gasteiger partial charge in [0.25, 0.3) is 5.89 Å². The van der Waals surface area contributed by atoms with Crippen molar-refractivity contribution in [3.63, 3.8) is 0 Å². The molecule has 4 rings (SSSR count). The number of nitrogens with zero attached hydrogens (tertiary/aromatic N) is 3. The van der Waals surface area contributed by atoms with Gasteiger partial charge in [0, 0.05) is 13.1 Å². The van der Waals surface area contributed by atoms with Gasteiger partial charge < -0.3 is 4.42 Å². The van der Waals surface area contributed by atoms with Crippen molar-refractivity contribution < 1.29 is 17.6 Å². The summed E-state index contributed by atoms with van der Waals surface area (Å²) in [6, 6.07) is 13.6. The Bertz CT molecular complexity index is 1190. The van der Waals surface area contributed by atoms with Crippen LogP contribution in [-0.4, -0.2) is 41.9 Å². The molecule has 0 aliphatic carbocycles. The minimum atomic E-state index is -3.67. The summed E-state index contributed by atoms with van der Waals surface area (Å²) in [5.41, 5.74) is 1.54. The van der Waals surface area contributed by atoms with Gasteiger partial charge in [-0.05, 0) is 44.0 Å².